The van der Waals surface area contributed by atoms with E-state index in [0.29, 0.717) is 16.8 Å². The average Bonchev–Trinajstić information content (AvgIpc) is 3.58. The van der Waals surface area contributed by atoms with Gasteiger partial charge >= 0.3 is 6.36 Å². The summed E-state index contributed by atoms with van der Waals surface area (Å²) >= 11 is 0. The number of aryl methyl sites for hydroxylation is 3. The quantitative estimate of drug-likeness (QED) is 0.114. The first-order valence-electron chi connectivity index (χ1n) is 21.3. The van der Waals surface area contributed by atoms with Crippen LogP contribution in [0.25, 0.3) is 22.2 Å². The van der Waals surface area contributed by atoms with Crippen LogP contribution in [0.15, 0.2) is 182 Å². The number of halogens is 3. The normalized spacial score (nSPS) is 12.4. The van der Waals surface area contributed by atoms with Crippen LogP contribution in [0, 0.1) is 6.92 Å². The lowest BCUT2D eigenvalue weighted by atomic mass is 9.78. The number of anilines is 2. The molecule has 0 spiro atoms. The smallest absolute Gasteiger partial charge is 0.406 e. The zero-order valence-electron chi connectivity index (χ0n) is 34.9. The lowest BCUT2D eigenvalue weighted by molar-refractivity contribution is -0.274. The van der Waals surface area contributed by atoms with Crippen molar-refractivity contribution in [1.29, 1.82) is 0 Å². The van der Waals surface area contributed by atoms with Gasteiger partial charge in [0.2, 0.25) is 0 Å². The Morgan fingerprint density at radius 2 is 0.871 bits per heavy atom. The standard InChI is InChI=1S/C56H47F3N2O/c1-4-37-32-36(3)33-38(5-2)52(37)60-54-45-30-18-28-43-29-19-31-46(51(43)45)55(54)61-53-47(49(39-20-10-6-11-21-39)40-22-12-7-13-23-40)34-44(62-56(57,58)59)35-48(53)50(41-24-14-8-15-25-41)42-26-16-9-17-27-42/h6-35,49-50,60-61H,4-5H2,1-3H3. The second kappa shape index (κ2) is 17.1. The molecule has 0 atom stereocenters. The minimum atomic E-state index is -4.93. The number of benzene rings is 8. The summed E-state index contributed by atoms with van der Waals surface area (Å²) in [5, 5.41) is 10.2. The lowest BCUT2D eigenvalue weighted by Gasteiger charge is -2.30. The van der Waals surface area contributed by atoms with Crippen molar-refractivity contribution >= 4 is 33.5 Å². The molecule has 0 radical (unpaired) electrons. The van der Waals surface area contributed by atoms with Crippen molar-refractivity contribution in [1.82, 2.24) is 0 Å². The van der Waals surface area contributed by atoms with Crippen LogP contribution in [0.2, 0.25) is 0 Å². The summed E-state index contributed by atoms with van der Waals surface area (Å²) in [4.78, 5) is 0. The van der Waals surface area contributed by atoms with Crippen molar-refractivity contribution in [3.63, 3.8) is 0 Å². The molecule has 0 amide bonds. The van der Waals surface area contributed by atoms with Gasteiger partial charge < -0.3 is 15.4 Å². The predicted molar refractivity (Wildman–Crippen MR) is 249 cm³/mol. The van der Waals surface area contributed by atoms with E-state index in [-0.39, 0.29) is 5.75 Å². The summed E-state index contributed by atoms with van der Waals surface area (Å²) in [5.41, 5.74) is 14.2. The Bertz CT molecular complexity index is 2680. The molecule has 0 aromatic heterocycles. The van der Waals surface area contributed by atoms with Gasteiger partial charge in [-0.2, -0.15) is 0 Å². The Balaban J connectivity index is 1.39. The molecule has 0 unspecified atom stereocenters. The molecule has 8 aromatic carbocycles. The van der Waals surface area contributed by atoms with E-state index in [0.717, 1.165) is 74.1 Å². The Morgan fingerprint density at radius 3 is 1.24 bits per heavy atom. The van der Waals surface area contributed by atoms with Gasteiger partial charge in [0, 0.05) is 39.7 Å². The van der Waals surface area contributed by atoms with Crippen LogP contribution in [0.3, 0.4) is 0 Å². The van der Waals surface area contributed by atoms with Gasteiger partial charge in [0.1, 0.15) is 5.75 Å². The number of ether oxygens (including phenoxy) is 1. The highest BCUT2D eigenvalue weighted by Gasteiger charge is 2.35. The molecular formula is C56H47F3N2O. The number of hydrogen-bond donors (Lipinski definition) is 2. The Kier molecular flexibility index (Phi) is 11.2. The van der Waals surface area contributed by atoms with Gasteiger partial charge in [0.15, 0.2) is 0 Å². The molecule has 2 N–H and O–H groups in total. The third-order valence-corrected chi connectivity index (χ3v) is 12.0. The molecule has 6 heteroatoms. The molecule has 1 aliphatic carbocycles. The summed E-state index contributed by atoms with van der Waals surface area (Å²) in [6, 6.07) is 60.3. The van der Waals surface area contributed by atoms with Crippen LogP contribution in [-0.4, -0.2) is 6.36 Å². The SMILES string of the molecule is CCc1cc(C)cc(CC)c1NC1=C(Nc2c(C(c3ccccc3)c3ccccc3)cc(OC(F)(F)F)cc2C(c2ccccc2)c2ccccc2)c2cccc3cccc1c23. The third kappa shape index (κ3) is 7.96. The van der Waals surface area contributed by atoms with Crippen molar-refractivity contribution in [3.05, 3.63) is 243 Å². The van der Waals surface area contributed by atoms with E-state index in [1.54, 1.807) is 12.1 Å². The van der Waals surface area contributed by atoms with E-state index < -0.39 is 18.2 Å². The van der Waals surface area contributed by atoms with E-state index in [2.05, 4.69) is 79.9 Å². The molecule has 8 aromatic rings. The van der Waals surface area contributed by atoms with Crippen LogP contribution < -0.4 is 15.4 Å². The second-order valence-electron chi connectivity index (χ2n) is 15.9. The zero-order chi connectivity index (χ0) is 42.8. The Morgan fingerprint density at radius 1 is 0.484 bits per heavy atom. The number of nitrogens with one attached hydrogen (secondary N) is 2. The van der Waals surface area contributed by atoms with Gasteiger partial charge in [-0.25, -0.2) is 0 Å². The molecule has 3 nitrogen and oxygen atoms in total. The van der Waals surface area contributed by atoms with Crippen LogP contribution in [0.1, 0.15) is 86.9 Å². The number of rotatable bonds is 13. The predicted octanol–water partition coefficient (Wildman–Crippen LogP) is 14.9. The topological polar surface area (TPSA) is 33.3 Å². The van der Waals surface area contributed by atoms with Crippen molar-refractivity contribution in [2.24, 2.45) is 0 Å². The molecule has 0 saturated carbocycles. The van der Waals surface area contributed by atoms with Gasteiger partial charge in [0.05, 0.1) is 11.4 Å². The van der Waals surface area contributed by atoms with Gasteiger partial charge in [-0.1, -0.05) is 189 Å². The molecule has 1 aliphatic rings. The van der Waals surface area contributed by atoms with Crippen LogP contribution >= 0.6 is 0 Å². The first-order chi connectivity index (χ1) is 30.2. The first-order valence-corrected chi connectivity index (χ1v) is 21.3. The molecule has 0 fully saturated rings. The van der Waals surface area contributed by atoms with Crippen molar-refractivity contribution in [3.8, 4) is 5.75 Å². The van der Waals surface area contributed by atoms with E-state index in [1.165, 1.54) is 16.7 Å². The fourth-order valence-electron chi connectivity index (χ4n) is 9.33. The molecule has 308 valence electrons. The fraction of sp³-hybridized carbons (Fsp3) is 0.143. The van der Waals surface area contributed by atoms with Crippen LogP contribution in [-0.2, 0) is 12.8 Å². The Labute approximate surface area is 361 Å². The highest BCUT2D eigenvalue weighted by molar-refractivity contribution is 6.18. The number of hydrogen-bond acceptors (Lipinski definition) is 3. The van der Waals surface area contributed by atoms with Crippen molar-refractivity contribution < 1.29 is 17.9 Å². The second-order valence-corrected chi connectivity index (χ2v) is 15.9. The van der Waals surface area contributed by atoms with Crippen LogP contribution in [0.4, 0.5) is 24.5 Å². The van der Waals surface area contributed by atoms with Gasteiger partial charge in [-0.15, -0.1) is 13.2 Å². The highest BCUT2D eigenvalue weighted by atomic mass is 19.4. The largest absolute Gasteiger partial charge is 0.573 e. The van der Waals surface area contributed by atoms with Gasteiger partial charge in [-0.05, 0) is 81.8 Å². The van der Waals surface area contributed by atoms with Crippen molar-refractivity contribution in [2.75, 3.05) is 10.6 Å². The molecule has 0 saturated heterocycles. The summed E-state index contributed by atoms with van der Waals surface area (Å²) < 4.78 is 48.6. The highest BCUT2D eigenvalue weighted by Crippen LogP contribution is 2.50. The van der Waals surface area contributed by atoms with E-state index in [1.807, 2.05) is 121 Å². The van der Waals surface area contributed by atoms with Crippen molar-refractivity contribution in [2.45, 2.75) is 51.8 Å². The molecule has 9 rings (SSSR count). The third-order valence-electron chi connectivity index (χ3n) is 12.0. The van der Waals surface area contributed by atoms with Gasteiger partial charge in [-0.3, -0.25) is 0 Å². The minimum Gasteiger partial charge on any atom is -0.406 e. The fourth-order valence-corrected chi connectivity index (χ4v) is 9.33. The molecule has 0 bridgehead atoms. The summed E-state index contributed by atoms with van der Waals surface area (Å²) in [6.45, 7) is 6.50. The zero-order valence-corrected chi connectivity index (χ0v) is 34.9. The first kappa shape index (κ1) is 40.4. The summed E-state index contributed by atoms with van der Waals surface area (Å²) in [5.74, 6) is -1.27. The summed E-state index contributed by atoms with van der Waals surface area (Å²) in [7, 11) is 0. The molecule has 62 heavy (non-hydrogen) atoms. The number of alkyl halides is 3. The lowest BCUT2D eigenvalue weighted by Crippen LogP contribution is -2.19. The van der Waals surface area contributed by atoms with Crippen LogP contribution in [0.5, 0.6) is 5.75 Å². The maximum absolute atomic E-state index is 14.6. The Hall–Kier alpha value is -7.05. The average molecular weight is 821 g/mol. The van der Waals surface area contributed by atoms with E-state index >= 15 is 0 Å². The maximum atomic E-state index is 14.6. The minimum absolute atomic E-state index is 0.286. The molecular weight excluding hydrogens is 774 g/mol. The van der Waals surface area contributed by atoms with Gasteiger partial charge in [0.25, 0.3) is 0 Å². The molecule has 0 aliphatic heterocycles. The summed E-state index contributed by atoms with van der Waals surface area (Å²) in [6.07, 6.45) is -3.26. The maximum Gasteiger partial charge on any atom is 0.573 e. The monoisotopic (exact) mass is 820 g/mol. The van der Waals surface area contributed by atoms with E-state index in [4.69, 9.17) is 4.74 Å². The van der Waals surface area contributed by atoms with E-state index in [9.17, 15) is 13.2 Å². The molecule has 0 heterocycles.